The van der Waals surface area contributed by atoms with Crippen molar-refractivity contribution < 1.29 is 4.79 Å². The Bertz CT molecular complexity index is 303. The van der Waals surface area contributed by atoms with Crippen molar-refractivity contribution in [1.29, 1.82) is 0 Å². The number of allylic oxidation sites excluding steroid dienone is 2. The minimum Gasteiger partial charge on any atom is -0.301 e. The van der Waals surface area contributed by atoms with Crippen LogP contribution in [0.25, 0.3) is 0 Å². The van der Waals surface area contributed by atoms with Crippen LogP contribution in [0.1, 0.15) is 41.5 Å². The summed E-state index contributed by atoms with van der Waals surface area (Å²) in [4.78, 5) is 12.3. The Balaban J connectivity index is 5.13. The molecule has 0 aromatic carbocycles. The molecule has 0 saturated carbocycles. The molecule has 0 bridgehead atoms. The fourth-order valence-corrected chi connectivity index (χ4v) is 2.55. The predicted octanol–water partition coefficient (Wildman–Crippen LogP) is 4.93. The zero-order valence-electron chi connectivity index (χ0n) is 11.9. The Morgan fingerprint density at radius 3 is 1.69 bits per heavy atom. The molecule has 0 saturated heterocycles. The molecule has 3 heteroatoms. The number of halogens is 1. The first-order chi connectivity index (χ1) is 6.80. The van der Waals surface area contributed by atoms with Gasteiger partial charge in [-0.3, -0.25) is 0 Å². The lowest BCUT2D eigenvalue weighted by atomic mass is 9.96. The maximum atomic E-state index is 12.3. The summed E-state index contributed by atoms with van der Waals surface area (Å²) in [7, 11) is -1.90. The first-order valence-electron chi connectivity index (χ1n) is 5.72. The number of hydrogen-bond donors (Lipinski definition) is 0. The zero-order valence-corrected chi connectivity index (χ0v) is 14.4. The quantitative estimate of drug-likeness (QED) is 0.522. The van der Waals surface area contributed by atoms with Crippen LogP contribution in [0.3, 0.4) is 0 Å². The van der Waals surface area contributed by atoms with Gasteiger partial charge in [-0.25, -0.2) is 0 Å². The summed E-state index contributed by atoms with van der Waals surface area (Å²) < 4.78 is 0.995. The summed E-state index contributed by atoms with van der Waals surface area (Å²) in [6.45, 7) is 17.1. The third-order valence-electron chi connectivity index (χ3n) is 3.47. The second-order valence-corrected chi connectivity index (χ2v) is 13.1. The van der Waals surface area contributed by atoms with E-state index in [1.54, 1.807) is 6.08 Å². The molecular weight excluding hydrogens is 280 g/mol. The van der Waals surface area contributed by atoms with E-state index in [0.29, 0.717) is 5.41 Å². The smallest absolute Gasteiger partial charge is 0.137 e. The lowest BCUT2D eigenvalue weighted by Crippen LogP contribution is -2.45. The van der Waals surface area contributed by atoms with Crippen molar-refractivity contribution in [3.8, 4) is 0 Å². The third-order valence-corrected chi connectivity index (χ3v) is 10.0. The topological polar surface area (TPSA) is 17.1 Å². The molecule has 0 aliphatic rings. The predicted molar refractivity (Wildman–Crippen MR) is 78.7 cm³/mol. The molecule has 0 aliphatic carbocycles. The summed E-state index contributed by atoms with van der Waals surface area (Å²) in [6, 6.07) is 0. The molecule has 0 amide bonds. The fourth-order valence-electron chi connectivity index (χ4n) is 0.882. The van der Waals surface area contributed by atoms with Gasteiger partial charge in [0.05, 0.1) is 0 Å². The van der Waals surface area contributed by atoms with Crippen molar-refractivity contribution in [1.82, 2.24) is 0 Å². The van der Waals surface area contributed by atoms with Gasteiger partial charge in [-0.05, 0) is 16.5 Å². The van der Waals surface area contributed by atoms with Crippen molar-refractivity contribution in [3.05, 3.63) is 10.6 Å². The second kappa shape index (κ2) is 4.77. The molecule has 0 heterocycles. The highest BCUT2D eigenvalue weighted by Gasteiger charge is 2.41. The molecule has 0 aromatic rings. The highest BCUT2D eigenvalue weighted by atomic mass is 79.9. The van der Waals surface area contributed by atoms with Crippen molar-refractivity contribution in [2.45, 2.75) is 59.7 Å². The Morgan fingerprint density at radius 1 is 1.06 bits per heavy atom. The highest BCUT2D eigenvalue weighted by Crippen LogP contribution is 2.38. The van der Waals surface area contributed by atoms with Crippen molar-refractivity contribution in [2.75, 3.05) is 0 Å². The molecular formula is C13H25BrOSi. The van der Waals surface area contributed by atoms with Gasteiger partial charge in [0.15, 0.2) is 0 Å². The van der Waals surface area contributed by atoms with Crippen LogP contribution in [0.5, 0.6) is 0 Å². The van der Waals surface area contributed by atoms with Crippen LogP contribution >= 0.6 is 15.9 Å². The van der Waals surface area contributed by atoms with Crippen LogP contribution < -0.4 is 0 Å². The summed E-state index contributed by atoms with van der Waals surface area (Å²) >= 11 is 3.52. The minimum atomic E-state index is -1.90. The van der Waals surface area contributed by atoms with Crippen LogP contribution in [0.15, 0.2) is 10.6 Å². The maximum absolute atomic E-state index is 12.3. The lowest BCUT2D eigenvalue weighted by Gasteiger charge is -2.34. The lowest BCUT2D eigenvalue weighted by molar-refractivity contribution is -0.108. The Kier molecular flexibility index (Phi) is 4.80. The standard InChI is InChI=1S/C13H25BrOSi/c1-12(2,3)10(14)9-11(15)16(7,8)13(4,5)6/h9H,1-8H3/b10-9-. The first-order valence-corrected chi connectivity index (χ1v) is 9.51. The van der Waals surface area contributed by atoms with Crippen LogP contribution in [-0.2, 0) is 4.79 Å². The maximum Gasteiger partial charge on any atom is 0.137 e. The third kappa shape index (κ3) is 3.84. The summed E-state index contributed by atoms with van der Waals surface area (Å²) in [5, 5.41) is 0.424. The molecule has 0 rings (SSSR count). The summed E-state index contributed by atoms with van der Waals surface area (Å²) in [6.07, 6.45) is 1.80. The van der Waals surface area contributed by atoms with E-state index in [0.717, 1.165) is 4.48 Å². The van der Waals surface area contributed by atoms with E-state index in [1.165, 1.54) is 0 Å². The van der Waals surface area contributed by atoms with Gasteiger partial charge in [0, 0.05) is 4.48 Å². The van der Waals surface area contributed by atoms with Crippen molar-refractivity contribution >= 4 is 29.4 Å². The second-order valence-electron chi connectivity index (χ2n) is 6.98. The fraction of sp³-hybridized carbons (Fsp3) is 0.769. The van der Waals surface area contributed by atoms with E-state index in [9.17, 15) is 4.79 Å². The van der Waals surface area contributed by atoms with E-state index < -0.39 is 8.07 Å². The van der Waals surface area contributed by atoms with Gasteiger partial charge in [-0.1, -0.05) is 70.6 Å². The van der Waals surface area contributed by atoms with Gasteiger partial charge in [0.2, 0.25) is 0 Å². The van der Waals surface area contributed by atoms with Gasteiger partial charge >= 0.3 is 0 Å². The largest absolute Gasteiger partial charge is 0.301 e. The average Bonchev–Trinajstić information content (AvgIpc) is 1.99. The average molecular weight is 305 g/mol. The Morgan fingerprint density at radius 2 is 1.44 bits per heavy atom. The van der Waals surface area contributed by atoms with Gasteiger partial charge in [-0.2, -0.15) is 0 Å². The Labute approximate surface area is 110 Å². The number of carbonyl (C=O) groups is 1. The molecule has 0 aliphatic heterocycles. The van der Waals surface area contributed by atoms with E-state index in [1.807, 2.05) is 0 Å². The van der Waals surface area contributed by atoms with Crippen LogP contribution in [0, 0.1) is 5.41 Å². The summed E-state index contributed by atoms with van der Waals surface area (Å²) in [5.74, 6) is 0. The molecule has 0 aromatic heterocycles. The molecule has 0 atom stereocenters. The van der Waals surface area contributed by atoms with Gasteiger partial charge < -0.3 is 4.79 Å². The SMILES string of the molecule is CC(C)(C)/C(Br)=C/C(=O)[Si](C)(C)C(C)(C)C. The first kappa shape index (κ1) is 16.1. The number of rotatable bonds is 2. The zero-order chi connectivity index (χ0) is 13.4. The summed E-state index contributed by atoms with van der Waals surface area (Å²) in [5.41, 5.74) is 0.0119. The molecule has 0 unspecified atom stereocenters. The van der Waals surface area contributed by atoms with Gasteiger partial charge in [0.1, 0.15) is 13.5 Å². The van der Waals surface area contributed by atoms with E-state index in [-0.39, 0.29) is 10.5 Å². The number of hydrogen-bond acceptors (Lipinski definition) is 1. The van der Waals surface area contributed by atoms with Gasteiger partial charge in [-0.15, -0.1) is 0 Å². The molecule has 0 fully saturated rings. The van der Waals surface area contributed by atoms with E-state index in [4.69, 9.17) is 0 Å². The monoisotopic (exact) mass is 304 g/mol. The molecule has 1 nitrogen and oxygen atoms in total. The highest BCUT2D eigenvalue weighted by molar-refractivity contribution is 9.11. The molecule has 0 N–H and O–H groups in total. The molecule has 16 heavy (non-hydrogen) atoms. The van der Waals surface area contributed by atoms with Crippen LogP contribution in [0.4, 0.5) is 0 Å². The molecule has 94 valence electrons. The normalized spacial score (nSPS) is 15.2. The van der Waals surface area contributed by atoms with Crippen molar-refractivity contribution in [2.24, 2.45) is 5.41 Å². The minimum absolute atomic E-state index is 0.0119. The van der Waals surface area contributed by atoms with Crippen molar-refractivity contribution in [3.63, 3.8) is 0 Å². The number of carbonyl (C=O) groups excluding carboxylic acids is 1. The Hall–Kier alpha value is 0.107. The molecule has 0 spiro atoms. The van der Waals surface area contributed by atoms with E-state index in [2.05, 4.69) is 70.6 Å². The molecule has 0 radical (unpaired) electrons. The van der Waals surface area contributed by atoms with E-state index >= 15 is 0 Å². The van der Waals surface area contributed by atoms with Crippen LogP contribution in [0.2, 0.25) is 18.1 Å². The van der Waals surface area contributed by atoms with Gasteiger partial charge in [0.25, 0.3) is 0 Å². The van der Waals surface area contributed by atoms with Crippen LogP contribution in [-0.4, -0.2) is 13.5 Å².